The van der Waals surface area contributed by atoms with Gasteiger partial charge in [0.15, 0.2) is 11.6 Å². The molecule has 1 fully saturated rings. The van der Waals surface area contributed by atoms with E-state index in [1.807, 2.05) is 13.0 Å². The Morgan fingerprint density at radius 2 is 2.12 bits per heavy atom. The first-order valence-corrected chi connectivity index (χ1v) is 10.3. The number of anilines is 2. The molecule has 0 aromatic carbocycles. The SMILES string of the molecule is COc1ncc(C)cc1-c1cc(N(OC(C)=O)c2cncc(OC3CCCNC3)n2)[nH]n1. The van der Waals surface area contributed by atoms with Crippen LogP contribution < -0.4 is 19.9 Å². The van der Waals surface area contributed by atoms with E-state index in [0.29, 0.717) is 28.8 Å². The molecule has 0 spiro atoms. The van der Waals surface area contributed by atoms with E-state index in [0.717, 1.165) is 31.5 Å². The number of hydrogen-bond donors (Lipinski definition) is 2. The number of aryl methyl sites for hydroxylation is 1. The van der Waals surface area contributed by atoms with Crippen LogP contribution >= 0.6 is 0 Å². The molecular formula is C21H25N7O4. The van der Waals surface area contributed by atoms with Crippen LogP contribution in [0.5, 0.6) is 11.8 Å². The summed E-state index contributed by atoms with van der Waals surface area (Å²) >= 11 is 0. The van der Waals surface area contributed by atoms with Crippen molar-refractivity contribution in [3.63, 3.8) is 0 Å². The highest BCUT2D eigenvalue weighted by Crippen LogP contribution is 2.32. The molecule has 3 aromatic heterocycles. The number of carbonyl (C=O) groups excluding carboxylic acids is 1. The van der Waals surface area contributed by atoms with Gasteiger partial charge in [0.1, 0.15) is 6.10 Å². The number of piperidine rings is 1. The number of ether oxygens (including phenoxy) is 2. The monoisotopic (exact) mass is 439 g/mol. The molecule has 11 nitrogen and oxygen atoms in total. The molecule has 2 N–H and O–H groups in total. The molecule has 0 amide bonds. The Kier molecular flexibility index (Phi) is 6.45. The van der Waals surface area contributed by atoms with Crippen molar-refractivity contribution in [1.82, 2.24) is 30.5 Å². The predicted molar refractivity (Wildman–Crippen MR) is 116 cm³/mol. The van der Waals surface area contributed by atoms with Gasteiger partial charge in [0.25, 0.3) is 0 Å². The van der Waals surface area contributed by atoms with Gasteiger partial charge in [-0.25, -0.2) is 9.78 Å². The zero-order valence-corrected chi connectivity index (χ0v) is 18.2. The Hall–Kier alpha value is -3.73. The van der Waals surface area contributed by atoms with E-state index in [9.17, 15) is 4.79 Å². The van der Waals surface area contributed by atoms with Crippen LogP contribution in [0.15, 0.2) is 30.7 Å². The number of methoxy groups -OCH3 is 1. The highest BCUT2D eigenvalue weighted by Gasteiger charge is 2.22. The molecule has 0 bridgehead atoms. The summed E-state index contributed by atoms with van der Waals surface area (Å²) in [5.41, 5.74) is 2.22. The topological polar surface area (TPSA) is 127 Å². The molecule has 1 saturated heterocycles. The molecule has 1 aliphatic rings. The van der Waals surface area contributed by atoms with Gasteiger partial charge in [-0.2, -0.15) is 10.1 Å². The number of aromatic nitrogens is 5. The third-order valence-electron chi connectivity index (χ3n) is 4.81. The number of hydrogen-bond acceptors (Lipinski definition) is 10. The zero-order valence-electron chi connectivity index (χ0n) is 18.2. The van der Waals surface area contributed by atoms with Gasteiger partial charge in [-0.3, -0.25) is 10.1 Å². The number of rotatable bonds is 7. The fraction of sp³-hybridized carbons (Fsp3) is 0.381. The summed E-state index contributed by atoms with van der Waals surface area (Å²) in [6.45, 7) is 4.96. The van der Waals surface area contributed by atoms with Crippen LogP contribution in [-0.2, 0) is 9.63 Å². The van der Waals surface area contributed by atoms with Gasteiger partial charge in [0.05, 0.1) is 30.8 Å². The van der Waals surface area contributed by atoms with Crippen molar-refractivity contribution >= 4 is 17.6 Å². The van der Waals surface area contributed by atoms with Crippen molar-refractivity contribution in [2.75, 3.05) is 25.3 Å². The summed E-state index contributed by atoms with van der Waals surface area (Å²) in [6, 6.07) is 3.62. The van der Waals surface area contributed by atoms with E-state index in [-0.39, 0.29) is 11.9 Å². The van der Waals surface area contributed by atoms with E-state index < -0.39 is 5.97 Å². The molecule has 1 unspecified atom stereocenters. The molecule has 4 rings (SSSR count). The van der Waals surface area contributed by atoms with Crippen molar-refractivity contribution in [3.8, 4) is 23.0 Å². The molecule has 168 valence electrons. The lowest BCUT2D eigenvalue weighted by molar-refractivity contribution is -0.141. The summed E-state index contributed by atoms with van der Waals surface area (Å²) in [5.74, 6) is 0.901. The Labute approximate surface area is 185 Å². The van der Waals surface area contributed by atoms with Gasteiger partial charge in [-0.05, 0) is 37.9 Å². The molecule has 1 aliphatic heterocycles. The van der Waals surface area contributed by atoms with E-state index in [1.54, 1.807) is 19.4 Å². The lowest BCUT2D eigenvalue weighted by Crippen LogP contribution is -2.37. The summed E-state index contributed by atoms with van der Waals surface area (Å²) in [4.78, 5) is 30.2. The summed E-state index contributed by atoms with van der Waals surface area (Å²) in [5, 5.41) is 11.7. The second-order valence-corrected chi connectivity index (χ2v) is 7.39. The highest BCUT2D eigenvalue weighted by molar-refractivity contribution is 5.72. The fourth-order valence-corrected chi connectivity index (χ4v) is 3.39. The van der Waals surface area contributed by atoms with E-state index in [1.165, 1.54) is 24.4 Å². The molecule has 0 saturated carbocycles. The number of pyridine rings is 1. The van der Waals surface area contributed by atoms with Gasteiger partial charge in [-0.15, -0.1) is 5.06 Å². The molecular weight excluding hydrogens is 414 g/mol. The summed E-state index contributed by atoms with van der Waals surface area (Å²) in [6.07, 6.45) is 6.70. The van der Waals surface area contributed by atoms with Crippen molar-refractivity contribution in [3.05, 3.63) is 36.3 Å². The number of carbonyl (C=O) groups is 1. The fourth-order valence-electron chi connectivity index (χ4n) is 3.39. The molecule has 11 heteroatoms. The van der Waals surface area contributed by atoms with Crippen LogP contribution in [0.25, 0.3) is 11.3 Å². The van der Waals surface area contributed by atoms with Gasteiger partial charge in [-0.1, -0.05) is 0 Å². The van der Waals surface area contributed by atoms with Crippen LogP contribution in [0.3, 0.4) is 0 Å². The molecule has 0 aliphatic carbocycles. The second-order valence-electron chi connectivity index (χ2n) is 7.39. The summed E-state index contributed by atoms with van der Waals surface area (Å²) < 4.78 is 11.3. The zero-order chi connectivity index (χ0) is 22.5. The Balaban J connectivity index is 1.63. The number of nitrogens with one attached hydrogen (secondary N) is 2. The maximum absolute atomic E-state index is 11.8. The number of H-pyrrole nitrogens is 1. The van der Waals surface area contributed by atoms with E-state index >= 15 is 0 Å². The first-order valence-electron chi connectivity index (χ1n) is 10.3. The number of nitrogens with zero attached hydrogens (tertiary/aromatic N) is 5. The van der Waals surface area contributed by atoms with Gasteiger partial charge >= 0.3 is 5.97 Å². The minimum absolute atomic E-state index is 0.00974. The minimum Gasteiger partial charge on any atom is -0.481 e. The maximum Gasteiger partial charge on any atom is 0.330 e. The minimum atomic E-state index is -0.527. The maximum atomic E-state index is 11.8. The van der Waals surface area contributed by atoms with Crippen molar-refractivity contribution in [1.29, 1.82) is 0 Å². The van der Waals surface area contributed by atoms with Crippen molar-refractivity contribution < 1.29 is 19.1 Å². The number of aromatic amines is 1. The normalized spacial score (nSPS) is 15.8. The Morgan fingerprint density at radius 1 is 1.25 bits per heavy atom. The third kappa shape index (κ3) is 4.94. The second kappa shape index (κ2) is 9.60. The van der Waals surface area contributed by atoms with Gasteiger partial charge in [0, 0.05) is 25.7 Å². The molecule has 0 radical (unpaired) electrons. The van der Waals surface area contributed by atoms with Crippen LogP contribution in [0.4, 0.5) is 11.6 Å². The third-order valence-corrected chi connectivity index (χ3v) is 4.81. The van der Waals surface area contributed by atoms with Gasteiger partial charge in [0.2, 0.25) is 11.8 Å². The quantitative estimate of drug-likeness (QED) is 0.529. The van der Waals surface area contributed by atoms with Crippen LogP contribution in [0, 0.1) is 6.92 Å². The first-order chi connectivity index (χ1) is 15.5. The molecule has 1 atom stereocenters. The Morgan fingerprint density at radius 3 is 2.88 bits per heavy atom. The standard InChI is InChI=1S/C21H25N7O4/c1-13-7-16(21(30-3)24-9-13)17-8-18(27-26-17)28(32-14(2)29)19-11-23-12-20(25-19)31-15-5-4-6-22-10-15/h7-9,11-12,15,22H,4-6,10H2,1-3H3,(H,26,27). The van der Waals surface area contributed by atoms with Crippen LogP contribution in [-0.4, -0.2) is 57.4 Å². The lowest BCUT2D eigenvalue weighted by Gasteiger charge is -2.24. The molecule has 3 aromatic rings. The first kappa shape index (κ1) is 21.5. The lowest BCUT2D eigenvalue weighted by atomic mass is 10.1. The average Bonchev–Trinajstić information content (AvgIpc) is 3.28. The smallest absolute Gasteiger partial charge is 0.330 e. The molecule has 32 heavy (non-hydrogen) atoms. The van der Waals surface area contributed by atoms with Crippen LogP contribution in [0.2, 0.25) is 0 Å². The van der Waals surface area contributed by atoms with Crippen LogP contribution in [0.1, 0.15) is 25.3 Å². The van der Waals surface area contributed by atoms with Gasteiger partial charge < -0.3 is 19.6 Å². The predicted octanol–water partition coefficient (Wildman–Crippen LogP) is 2.33. The van der Waals surface area contributed by atoms with Crippen molar-refractivity contribution in [2.45, 2.75) is 32.8 Å². The average molecular weight is 439 g/mol. The largest absolute Gasteiger partial charge is 0.481 e. The summed E-state index contributed by atoms with van der Waals surface area (Å²) in [7, 11) is 1.54. The van der Waals surface area contributed by atoms with Crippen molar-refractivity contribution in [2.24, 2.45) is 0 Å². The highest BCUT2D eigenvalue weighted by atomic mass is 16.7. The molecule has 4 heterocycles. The Bertz CT molecular complexity index is 1080. The van der Waals surface area contributed by atoms with E-state index in [2.05, 4.69) is 30.5 Å². The van der Waals surface area contributed by atoms with E-state index in [4.69, 9.17) is 14.3 Å².